The molecule has 0 fully saturated rings. The van der Waals surface area contributed by atoms with Crippen LogP contribution in [0.5, 0.6) is 0 Å². The normalized spacial score (nSPS) is 12.7. The zero-order valence-corrected chi connectivity index (χ0v) is 9.79. The van der Waals surface area contributed by atoms with Crippen molar-refractivity contribution in [1.29, 1.82) is 0 Å². The summed E-state index contributed by atoms with van der Waals surface area (Å²) in [5.41, 5.74) is 8.29. The van der Waals surface area contributed by atoms with Crippen molar-refractivity contribution in [2.24, 2.45) is 5.73 Å². The number of nitrogens with two attached hydrogens (primary N) is 1. The van der Waals surface area contributed by atoms with Crippen molar-refractivity contribution in [2.75, 3.05) is 13.6 Å². The van der Waals surface area contributed by atoms with E-state index >= 15 is 0 Å². The van der Waals surface area contributed by atoms with E-state index in [-0.39, 0.29) is 0 Å². The van der Waals surface area contributed by atoms with E-state index in [9.17, 15) is 0 Å². The summed E-state index contributed by atoms with van der Waals surface area (Å²) >= 11 is 0. The molecule has 1 aromatic rings. The van der Waals surface area contributed by atoms with Crippen molar-refractivity contribution in [2.45, 2.75) is 32.2 Å². The lowest BCUT2D eigenvalue weighted by molar-refractivity contribution is 0.531. The Morgan fingerprint density at radius 2 is 1.93 bits per heavy atom. The van der Waals surface area contributed by atoms with E-state index in [2.05, 4.69) is 36.5 Å². The molecule has 1 aromatic carbocycles. The van der Waals surface area contributed by atoms with Gasteiger partial charge in [-0.25, -0.2) is 0 Å². The molecule has 0 aliphatic heterocycles. The van der Waals surface area contributed by atoms with Gasteiger partial charge in [-0.3, -0.25) is 0 Å². The monoisotopic (exact) mass is 206 g/mol. The molecule has 0 heterocycles. The highest BCUT2D eigenvalue weighted by Crippen LogP contribution is 2.18. The second-order valence-corrected chi connectivity index (χ2v) is 3.87. The lowest BCUT2D eigenvalue weighted by atomic mass is 10.0. The van der Waals surface area contributed by atoms with E-state index in [1.807, 2.05) is 7.05 Å². The zero-order chi connectivity index (χ0) is 11.1. The molecule has 2 heteroatoms. The molecule has 1 rings (SSSR count). The van der Waals surface area contributed by atoms with Gasteiger partial charge >= 0.3 is 0 Å². The van der Waals surface area contributed by atoms with Gasteiger partial charge in [0.05, 0.1) is 0 Å². The molecule has 15 heavy (non-hydrogen) atoms. The summed E-state index contributed by atoms with van der Waals surface area (Å²) in [4.78, 5) is 0. The Bertz CT molecular complexity index is 266. The van der Waals surface area contributed by atoms with Crippen molar-refractivity contribution in [3.05, 3.63) is 35.4 Å². The third-order valence-electron chi connectivity index (χ3n) is 2.84. The first-order valence-corrected chi connectivity index (χ1v) is 5.78. The van der Waals surface area contributed by atoms with Crippen molar-refractivity contribution < 1.29 is 0 Å². The first kappa shape index (κ1) is 12.2. The van der Waals surface area contributed by atoms with Crippen LogP contribution in [0.15, 0.2) is 24.3 Å². The van der Waals surface area contributed by atoms with Gasteiger partial charge in [0.1, 0.15) is 0 Å². The largest absolute Gasteiger partial charge is 0.330 e. The van der Waals surface area contributed by atoms with Crippen LogP contribution in [0, 0.1) is 0 Å². The molecule has 2 nitrogen and oxygen atoms in total. The standard InChI is InChI=1S/C13H22N2/c1-3-11-6-8-12(9-7-11)13(15-2)5-4-10-14/h6-9,13,15H,3-5,10,14H2,1-2H3. The van der Waals surface area contributed by atoms with Gasteiger partial charge in [0.15, 0.2) is 0 Å². The SMILES string of the molecule is CCc1ccc(C(CCCN)NC)cc1. The summed E-state index contributed by atoms with van der Waals surface area (Å²) in [7, 11) is 2.01. The van der Waals surface area contributed by atoms with Crippen LogP contribution in [-0.2, 0) is 6.42 Å². The molecule has 0 aromatic heterocycles. The van der Waals surface area contributed by atoms with Gasteiger partial charge in [0.25, 0.3) is 0 Å². The van der Waals surface area contributed by atoms with Crippen LogP contribution in [0.2, 0.25) is 0 Å². The number of nitrogens with one attached hydrogen (secondary N) is 1. The smallest absolute Gasteiger partial charge is 0.0317 e. The average molecular weight is 206 g/mol. The van der Waals surface area contributed by atoms with Gasteiger partial charge in [-0.05, 0) is 44.0 Å². The van der Waals surface area contributed by atoms with E-state index in [0.717, 1.165) is 25.8 Å². The molecule has 0 saturated heterocycles. The Balaban J connectivity index is 2.65. The molecule has 84 valence electrons. The topological polar surface area (TPSA) is 38.0 Å². The van der Waals surface area contributed by atoms with Crippen molar-refractivity contribution in [3.63, 3.8) is 0 Å². The summed E-state index contributed by atoms with van der Waals surface area (Å²) in [5.74, 6) is 0. The maximum atomic E-state index is 5.53. The van der Waals surface area contributed by atoms with Crippen molar-refractivity contribution in [3.8, 4) is 0 Å². The van der Waals surface area contributed by atoms with Crippen LogP contribution < -0.4 is 11.1 Å². The second-order valence-electron chi connectivity index (χ2n) is 3.87. The van der Waals surface area contributed by atoms with E-state index in [4.69, 9.17) is 5.73 Å². The van der Waals surface area contributed by atoms with Gasteiger partial charge in [0.2, 0.25) is 0 Å². The molecule has 0 aliphatic carbocycles. The summed E-state index contributed by atoms with van der Waals surface area (Å²) in [6.45, 7) is 2.95. The second kappa shape index (κ2) is 6.59. The fourth-order valence-electron chi connectivity index (χ4n) is 1.79. The number of hydrogen-bond donors (Lipinski definition) is 2. The Morgan fingerprint density at radius 3 is 2.40 bits per heavy atom. The summed E-state index contributed by atoms with van der Waals surface area (Å²) in [6.07, 6.45) is 3.28. The Morgan fingerprint density at radius 1 is 1.27 bits per heavy atom. The minimum Gasteiger partial charge on any atom is -0.330 e. The van der Waals surface area contributed by atoms with Gasteiger partial charge in [-0.2, -0.15) is 0 Å². The van der Waals surface area contributed by atoms with E-state index in [1.165, 1.54) is 11.1 Å². The Hall–Kier alpha value is -0.860. The number of aryl methyl sites for hydroxylation is 1. The molecule has 0 bridgehead atoms. The average Bonchev–Trinajstić information content (AvgIpc) is 2.31. The van der Waals surface area contributed by atoms with Crippen molar-refractivity contribution >= 4 is 0 Å². The molecule has 1 atom stereocenters. The van der Waals surface area contributed by atoms with Crippen LogP contribution >= 0.6 is 0 Å². The van der Waals surface area contributed by atoms with E-state index in [0.29, 0.717) is 6.04 Å². The maximum absolute atomic E-state index is 5.53. The molecule has 0 saturated carbocycles. The summed E-state index contributed by atoms with van der Waals surface area (Å²) < 4.78 is 0. The van der Waals surface area contributed by atoms with Crippen LogP contribution in [0.3, 0.4) is 0 Å². The molecular weight excluding hydrogens is 184 g/mol. The molecular formula is C13H22N2. The summed E-state index contributed by atoms with van der Waals surface area (Å²) in [6, 6.07) is 9.30. The quantitative estimate of drug-likeness (QED) is 0.749. The molecule has 0 spiro atoms. The molecule has 3 N–H and O–H groups in total. The maximum Gasteiger partial charge on any atom is 0.0317 e. The third kappa shape index (κ3) is 3.65. The third-order valence-corrected chi connectivity index (χ3v) is 2.84. The highest BCUT2D eigenvalue weighted by molar-refractivity contribution is 5.24. The predicted octanol–water partition coefficient (Wildman–Crippen LogP) is 2.25. The van der Waals surface area contributed by atoms with Crippen LogP contribution in [-0.4, -0.2) is 13.6 Å². The van der Waals surface area contributed by atoms with Gasteiger partial charge in [-0.15, -0.1) is 0 Å². The lowest BCUT2D eigenvalue weighted by Gasteiger charge is -2.16. The van der Waals surface area contributed by atoms with Crippen LogP contribution in [0.4, 0.5) is 0 Å². The first-order valence-electron chi connectivity index (χ1n) is 5.78. The van der Waals surface area contributed by atoms with E-state index < -0.39 is 0 Å². The van der Waals surface area contributed by atoms with Crippen LogP contribution in [0.25, 0.3) is 0 Å². The number of hydrogen-bond acceptors (Lipinski definition) is 2. The number of benzene rings is 1. The fourth-order valence-corrected chi connectivity index (χ4v) is 1.79. The van der Waals surface area contributed by atoms with Gasteiger partial charge in [0, 0.05) is 6.04 Å². The fraction of sp³-hybridized carbons (Fsp3) is 0.538. The highest BCUT2D eigenvalue weighted by atomic mass is 14.9. The first-order chi connectivity index (χ1) is 7.31. The molecule has 0 amide bonds. The minimum atomic E-state index is 0.444. The van der Waals surface area contributed by atoms with Crippen molar-refractivity contribution in [1.82, 2.24) is 5.32 Å². The highest BCUT2D eigenvalue weighted by Gasteiger charge is 2.07. The number of rotatable bonds is 6. The van der Waals surface area contributed by atoms with E-state index in [1.54, 1.807) is 0 Å². The van der Waals surface area contributed by atoms with Gasteiger partial charge in [-0.1, -0.05) is 31.2 Å². The molecule has 0 radical (unpaired) electrons. The van der Waals surface area contributed by atoms with Crippen LogP contribution in [0.1, 0.15) is 36.9 Å². The molecule has 0 aliphatic rings. The Labute approximate surface area is 92.9 Å². The minimum absolute atomic E-state index is 0.444. The predicted molar refractivity (Wildman–Crippen MR) is 65.9 cm³/mol. The zero-order valence-electron chi connectivity index (χ0n) is 9.79. The molecule has 1 unspecified atom stereocenters. The Kier molecular flexibility index (Phi) is 5.37. The van der Waals surface area contributed by atoms with Gasteiger partial charge < -0.3 is 11.1 Å². The lowest BCUT2D eigenvalue weighted by Crippen LogP contribution is -2.17. The summed E-state index contributed by atoms with van der Waals surface area (Å²) in [5, 5.41) is 3.34.